The summed E-state index contributed by atoms with van der Waals surface area (Å²) in [5.41, 5.74) is 0.915. The van der Waals surface area contributed by atoms with Gasteiger partial charge in [0.25, 0.3) is 0 Å². The smallest absolute Gasteiger partial charge is 0.192 e. The molecule has 1 aliphatic heterocycles. The zero-order chi connectivity index (χ0) is 10.8. The number of hydrogen-bond acceptors (Lipinski definition) is 1. The van der Waals surface area contributed by atoms with Gasteiger partial charge in [-0.2, -0.15) is 0 Å². The van der Waals surface area contributed by atoms with Gasteiger partial charge in [-0.05, 0) is 36.4 Å². The molecule has 1 unspecified atom stereocenters. The molecule has 82 valence electrons. The lowest BCUT2D eigenvalue weighted by atomic mass is 10.1. The molecule has 0 nitrogen and oxygen atoms in total. The third kappa shape index (κ3) is 2.48. The van der Waals surface area contributed by atoms with E-state index in [9.17, 15) is 8.78 Å². The van der Waals surface area contributed by atoms with Crippen LogP contribution in [-0.4, -0.2) is 11.5 Å². The highest BCUT2D eigenvalue weighted by Gasteiger charge is 2.29. The number of hydrogen-bond donors (Lipinski definition) is 0. The highest BCUT2D eigenvalue weighted by molar-refractivity contribution is 8.09. The maximum Gasteiger partial charge on any atom is 0.192 e. The average molecular weight is 247 g/mol. The van der Waals surface area contributed by atoms with Crippen molar-refractivity contribution in [1.29, 1.82) is 0 Å². The molecular formula is C11H13F2S2+. The Kier molecular flexibility index (Phi) is 3.57. The average Bonchev–Trinajstić information content (AvgIpc) is 2.17. The Morgan fingerprint density at radius 3 is 2.53 bits per heavy atom. The molecule has 2 rings (SSSR count). The van der Waals surface area contributed by atoms with E-state index in [1.54, 1.807) is 18.7 Å². The van der Waals surface area contributed by atoms with Gasteiger partial charge in [-0.1, -0.05) is 0 Å². The first-order valence-electron chi connectivity index (χ1n) is 4.92. The highest BCUT2D eigenvalue weighted by atomic mass is 32.2. The lowest BCUT2D eigenvalue weighted by Gasteiger charge is -2.16. The van der Waals surface area contributed by atoms with Crippen LogP contribution in [0, 0.1) is 18.6 Å². The van der Waals surface area contributed by atoms with Gasteiger partial charge in [0, 0.05) is 12.2 Å². The minimum Gasteiger partial charge on any atom is -0.206 e. The quantitative estimate of drug-likeness (QED) is 0.542. The molecule has 1 heterocycles. The van der Waals surface area contributed by atoms with Crippen LogP contribution in [0.4, 0.5) is 8.78 Å². The second kappa shape index (κ2) is 4.74. The second-order valence-electron chi connectivity index (χ2n) is 3.63. The third-order valence-corrected chi connectivity index (χ3v) is 5.48. The molecule has 0 N–H and O–H groups in total. The van der Waals surface area contributed by atoms with Crippen LogP contribution in [0.5, 0.6) is 0 Å². The summed E-state index contributed by atoms with van der Waals surface area (Å²) in [5.74, 6) is 1.27. The van der Waals surface area contributed by atoms with E-state index in [0.717, 1.165) is 29.7 Å². The number of rotatable bonds is 1. The summed E-state index contributed by atoms with van der Waals surface area (Å²) in [6.45, 7) is 1.71. The molecule has 0 bridgehead atoms. The standard InChI is InChI=1S/C11H12F2S2/c1-7-5-8(12)10(9(13)6-7)11-14-3-2-4-15-11/h5-6,11H,2-4H2,1H3/p+1. The summed E-state index contributed by atoms with van der Waals surface area (Å²) in [5, 5.41) is 0. The maximum atomic E-state index is 13.6. The molecule has 1 atom stereocenters. The summed E-state index contributed by atoms with van der Waals surface area (Å²) in [7, 11) is 0. The van der Waals surface area contributed by atoms with Crippen LogP contribution < -0.4 is 0 Å². The van der Waals surface area contributed by atoms with Crippen molar-refractivity contribution in [2.75, 3.05) is 11.5 Å². The predicted molar refractivity (Wildman–Crippen MR) is 64.5 cm³/mol. The third-order valence-electron chi connectivity index (χ3n) is 2.34. The summed E-state index contributed by atoms with van der Waals surface area (Å²) in [6, 6.07) is 2.84. The largest absolute Gasteiger partial charge is 0.206 e. The van der Waals surface area contributed by atoms with Gasteiger partial charge in [-0.3, -0.25) is 0 Å². The van der Waals surface area contributed by atoms with E-state index < -0.39 is 0 Å². The molecule has 1 fully saturated rings. The van der Waals surface area contributed by atoms with Gasteiger partial charge in [0.05, 0.1) is 5.56 Å². The number of benzene rings is 1. The number of thiol groups is 1. The molecule has 15 heavy (non-hydrogen) atoms. The van der Waals surface area contributed by atoms with E-state index in [4.69, 9.17) is 0 Å². The fourth-order valence-corrected chi connectivity index (χ4v) is 4.84. The Labute approximate surface area is 96.8 Å². The first-order valence-corrected chi connectivity index (χ1v) is 7.12. The van der Waals surface area contributed by atoms with Crippen molar-refractivity contribution in [3.05, 3.63) is 34.9 Å². The minimum absolute atomic E-state index is 0.0145. The summed E-state index contributed by atoms with van der Waals surface area (Å²) in [6.07, 6.45) is 1.15. The van der Waals surface area contributed by atoms with Crippen molar-refractivity contribution < 1.29 is 8.78 Å². The van der Waals surface area contributed by atoms with E-state index >= 15 is 0 Å². The Morgan fingerprint density at radius 2 is 2.00 bits per heavy atom. The second-order valence-corrected chi connectivity index (χ2v) is 6.52. The molecule has 0 saturated carbocycles. The maximum absolute atomic E-state index is 13.6. The minimum atomic E-state index is -0.389. The zero-order valence-corrected chi connectivity index (χ0v) is 10.2. The van der Waals surface area contributed by atoms with E-state index in [0.29, 0.717) is 5.56 Å². The van der Waals surface area contributed by atoms with Gasteiger partial charge < -0.3 is 0 Å². The van der Waals surface area contributed by atoms with Gasteiger partial charge in [-0.15, -0.1) is 11.8 Å². The van der Waals surface area contributed by atoms with Gasteiger partial charge >= 0.3 is 0 Å². The molecular weight excluding hydrogens is 234 g/mol. The van der Waals surface area contributed by atoms with Crippen LogP contribution in [0.25, 0.3) is 0 Å². The van der Waals surface area contributed by atoms with E-state index in [2.05, 4.69) is 0 Å². The molecule has 1 aromatic carbocycles. The monoisotopic (exact) mass is 247 g/mol. The number of thioether (sulfide) groups is 1. The van der Waals surface area contributed by atoms with Gasteiger partial charge in [0.1, 0.15) is 17.4 Å². The van der Waals surface area contributed by atoms with Crippen molar-refractivity contribution >= 4 is 23.5 Å². The molecule has 0 amide bonds. The molecule has 0 spiro atoms. The molecule has 0 aromatic heterocycles. The normalized spacial score (nSPS) is 21.7. The Hall–Kier alpha value is -0.220. The van der Waals surface area contributed by atoms with Crippen molar-refractivity contribution in [3.63, 3.8) is 0 Å². The highest BCUT2D eigenvalue weighted by Crippen LogP contribution is 2.37. The van der Waals surface area contributed by atoms with Crippen LogP contribution in [-0.2, 0) is 11.8 Å². The fraction of sp³-hybridized carbons (Fsp3) is 0.455. The van der Waals surface area contributed by atoms with Crippen molar-refractivity contribution in [1.82, 2.24) is 0 Å². The van der Waals surface area contributed by atoms with Crippen molar-refractivity contribution in [3.8, 4) is 0 Å². The lowest BCUT2D eigenvalue weighted by Crippen LogP contribution is -2.12. The van der Waals surface area contributed by atoms with Crippen LogP contribution >= 0.6 is 11.8 Å². The van der Waals surface area contributed by atoms with E-state index in [-0.39, 0.29) is 21.8 Å². The van der Waals surface area contributed by atoms with E-state index in [1.165, 1.54) is 12.1 Å². The Balaban J connectivity index is 2.33. The fourth-order valence-electron chi connectivity index (χ4n) is 1.64. The molecule has 1 saturated heterocycles. The van der Waals surface area contributed by atoms with Crippen LogP contribution in [0.15, 0.2) is 12.1 Å². The van der Waals surface area contributed by atoms with Crippen LogP contribution in [0.3, 0.4) is 0 Å². The molecule has 0 aliphatic carbocycles. The Morgan fingerprint density at radius 1 is 1.33 bits per heavy atom. The van der Waals surface area contributed by atoms with Crippen LogP contribution in [0.1, 0.15) is 22.1 Å². The van der Waals surface area contributed by atoms with Gasteiger partial charge in [0.2, 0.25) is 0 Å². The summed E-state index contributed by atoms with van der Waals surface area (Å²) in [4.78, 5) is 0. The SMILES string of the molecule is Cc1cc(F)c(C2SCCC[SH+]2)c(F)c1. The molecule has 1 aliphatic rings. The topological polar surface area (TPSA) is 0 Å². The Bertz CT molecular complexity index is 337. The lowest BCUT2D eigenvalue weighted by molar-refractivity contribution is 0.563. The van der Waals surface area contributed by atoms with Crippen LogP contribution in [0.2, 0.25) is 0 Å². The van der Waals surface area contributed by atoms with Crippen molar-refractivity contribution in [2.24, 2.45) is 0 Å². The number of halogens is 2. The predicted octanol–water partition coefficient (Wildman–Crippen LogP) is 3.22. The van der Waals surface area contributed by atoms with Crippen molar-refractivity contribution in [2.45, 2.75) is 17.9 Å². The first kappa shape index (κ1) is 11.3. The van der Waals surface area contributed by atoms with Gasteiger partial charge in [-0.25, -0.2) is 8.78 Å². The zero-order valence-electron chi connectivity index (χ0n) is 8.46. The number of aryl methyl sites for hydroxylation is 1. The summed E-state index contributed by atoms with van der Waals surface area (Å²) >= 11 is 2.80. The molecule has 0 radical (unpaired) electrons. The van der Waals surface area contributed by atoms with E-state index in [1.807, 2.05) is 0 Å². The first-order chi connectivity index (χ1) is 7.18. The van der Waals surface area contributed by atoms with Gasteiger partial charge in [0.15, 0.2) is 4.58 Å². The molecule has 1 aromatic rings. The summed E-state index contributed by atoms with van der Waals surface area (Å²) < 4.78 is 27.3. The molecule has 4 heteroatoms.